The summed E-state index contributed by atoms with van der Waals surface area (Å²) in [7, 11) is 0. The van der Waals surface area contributed by atoms with Crippen LogP contribution >= 0.6 is 23.2 Å². The van der Waals surface area contributed by atoms with Crippen LogP contribution in [-0.2, 0) is 10.2 Å². The smallest absolute Gasteiger partial charge is 0.0598 e. The Hall–Kier alpha value is -0.280. The summed E-state index contributed by atoms with van der Waals surface area (Å²) in [6.45, 7) is 5.39. The van der Waals surface area contributed by atoms with Crippen molar-refractivity contribution in [3.8, 4) is 0 Å². The molecule has 0 saturated carbocycles. The molecule has 0 spiro atoms. The van der Waals surface area contributed by atoms with Gasteiger partial charge in [0.1, 0.15) is 0 Å². The van der Waals surface area contributed by atoms with Crippen molar-refractivity contribution in [2.24, 2.45) is 0 Å². The van der Waals surface area contributed by atoms with Gasteiger partial charge in [-0.2, -0.15) is 0 Å². The molecule has 0 unspecified atom stereocenters. The van der Waals surface area contributed by atoms with E-state index in [0.29, 0.717) is 5.02 Å². The molecule has 0 bridgehead atoms. The minimum Gasteiger partial charge on any atom is -0.379 e. The summed E-state index contributed by atoms with van der Waals surface area (Å²) in [5.41, 5.74) is 1.16. The highest BCUT2D eigenvalue weighted by atomic mass is 35.5. The first-order valence-corrected chi connectivity index (χ1v) is 6.17. The van der Waals surface area contributed by atoms with Crippen LogP contribution < -0.4 is 5.32 Å². The van der Waals surface area contributed by atoms with E-state index in [4.69, 9.17) is 27.9 Å². The van der Waals surface area contributed by atoms with Crippen molar-refractivity contribution in [3.05, 3.63) is 33.8 Å². The maximum Gasteiger partial charge on any atom is 0.0598 e. The van der Waals surface area contributed by atoms with E-state index < -0.39 is 0 Å². The predicted molar refractivity (Wildman–Crippen MR) is 67.5 cm³/mol. The number of hydrogen-bond donors (Lipinski definition) is 1. The lowest BCUT2D eigenvalue weighted by Gasteiger charge is -2.42. The first-order valence-electron chi connectivity index (χ1n) is 5.42. The highest BCUT2D eigenvalue weighted by Crippen LogP contribution is 2.37. The molecule has 0 aliphatic carbocycles. The van der Waals surface area contributed by atoms with Crippen LogP contribution in [0, 0.1) is 0 Å². The lowest BCUT2D eigenvalue weighted by atomic mass is 9.78. The van der Waals surface area contributed by atoms with Crippen molar-refractivity contribution >= 4 is 23.2 Å². The Labute approximate surface area is 106 Å². The molecule has 88 valence electrons. The Morgan fingerprint density at radius 2 is 2.12 bits per heavy atom. The third-order valence-corrected chi connectivity index (χ3v) is 3.52. The van der Waals surface area contributed by atoms with E-state index >= 15 is 0 Å². The zero-order chi connectivity index (χ0) is 11.6. The summed E-state index contributed by atoms with van der Waals surface area (Å²) >= 11 is 12.1. The number of likely N-dealkylation sites (N-methyl/N-ethyl adjacent to an activating group) is 1. The molecule has 1 fully saturated rings. The molecule has 0 atom stereocenters. The van der Waals surface area contributed by atoms with Crippen LogP contribution in [0.15, 0.2) is 18.2 Å². The van der Waals surface area contributed by atoms with E-state index in [0.717, 1.165) is 36.9 Å². The van der Waals surface area contributed by atoms with Gasteiger partial charge in [0.25, 0.3) is 0 Å². The number of nitrogens with one attached hydrogen (secondary N) is 1. The molecule has 1 N–H and O–H groups in total. The number of benzene rings is 1. The third-order valence-electron chi connectivity index (χ3n) is 2.97. The van der Waals surface area contributed by atoms with Gasteiger partial charge in [-0.05, 0) is 24.2 Å². The van der Waals surface area contributed by atoms with Crippen LogP contribution in [0.1, 0.15) is 12.5 Å². The number of halogens is 2. The SMILES string of the molecule is CCNCC1(c2ccc(Cl)cc2Cl)COC1. The fourth-order valence-corrected chi connectivity index (χ4v) is 2.59. The second kappa shape index (κ2) is 4.92. The van der Waals surface area contributed by atoms with Crippen LogP contribution in [0.3, 0.4) is 0 Å². The zero-order valence-electron chi connectivity index (χ0n) is 9.22. The van der Waals surface area contributed by atoms with Gasteiger partial charge in [0.05, 0.1) is 18.6 Å². The summed E-state index contributed by atoms with van der Waals surface area (Å²) in [5.74, 6) is 0. The Morgan fingerprint density at radius 3 is 2.62 bits per heavy atom. The minimum absolute atomic E-state index is 0.0255. The van der Waals surface area contributed by atoms with Crippen molar-refractivity contribution < 1.29 is 4.74 Å². The first-order chi connectivity index (χ1) is 7.68. The van der Waals surface area contributed by atoms with Gasteiger partial charge in [-0.25, -0.2) is 0 Å². The standard InChI is InChI=1S/C12H15Cl2NO/c1-2-15-6-12(7-16-8-12)10-4-3-9(13)5-11(10)14/h3-5,15H,2,6-8H2,1H3. The van der Waals surface area contributed by atoms with Gasteiger partial charge in [0.2, 0.25) is 0 Å². The maximum atomic E-state index is 6.24. The van der Waals surface area contributed by atoms with Gasteiger partial charge in [-0.15, -0.1) is 0 Å². The third kappa shape index (κ3) is 2.21. The van der Waals surface area contributed by atoms with E-state index in [-0.39, 0.29) is 5.41 Å². The van der Waals surface area contributed by atoms with Gasteiger partial charge >= 0.3 is 0 Å². The molecule has 1 aliphatic heterocycles. The molecule has 2 rings (SSSR count). The molecular weight excluding hydrogens is 245 g/mol. The molecule has 16 heavy (non-hydrogen) atoms. The molecule has 1 aromatic rings. The molecule has 0 amide bonds. The molecule has 2 nitrogen and oxygen atoms in total. The molecular formula is C12H15Cl2NO. The Bertz CT molecular complexity index is 377. The van der Waals surface area contributed by atoms with Gasteiger partial charge < -0.3 is 10.1 Å². The fourth-order valence-electron chi connectivity index (χ4n) is 1.99. The molecule has 0 radical (unpaired) electrons. The van der Waals surface area contributed by atoms with Crippen LogP contribution in [0.5, 0.6) is 0 Å². The topological polar surface area (TPSA) is 21.3 Å². The quantitative estimate of drug-likeness (QED) is 0.898. The Morgan fingerprint density at radius 1 is 1.38 bits per heavy atom. The van der Waals surface area contributed by atoms with Crippen LogP contribution in [0.2, 0.25) is 10.0 Å². The molecule has 0 aromatic heterocycles. The summed E-state index contributed by atoms with van der Waals surface area (Å²) in [6.07, 6.45) is 0. The summed E-state index contributed by atoms with van der Waals surface area (Å²) in [6, 6.07) is 5.68. The lowest BCUT2D eigenvalue weighted by Crippen LogP contribution is -2.53. The van der Waals surface area contributed by atoms with Gasteiger partial charge in [0, 0.05) is 16.6 Å². The van der Waals surface area contributed by atoms with E-state index in [9.17, 15) is 0 Å². The number of ether oxygens (including phenoxy) is 1. The fraction of sp³-hybridized carbons (Fsp3) is 0.500. The van der Waals surface area contributed by atoms with Crippen molar-refractivity contribution in [1.82, 2.24) is 5.32 Å². The molecule has 1 saturated heterocycles. The van der Waals surface area contributed by atoms with E-state index in [1.807, 2.05) is 12.1 Å². The molecule has 1 heterocycles. The maximum absolute atomic E-state index is 6.24. The molecule has 4 heteroatoms. The van der Waals surface area contributed by atoms with Crippen molar-refractivity contribution in [2.75, 3.05) is 26.3 Å². The highest BCUT2D eigenvalue weighted by Gasteiger charge is 2.41. The average Bonchev–Trinajstić information content (AvgIpc) is 2.19. The Balaban J connectivity index is 2.26. The van der Waals surface area contributed by atoms with Crippen LogP contribution in [0.25, 0.3) is 0 Å². The average molecular weight is 260 g/mol. The zero-order valence-corrected chi connectivity index (χ0v) is 10.7. The van der Waals surface area contributed by atoms with Crippen LogP contribution in [0.4, 0.5) is 0 Å². The van der Waals surface area contributed by atoms with Crippen molar-refractivity contribution in [3.63, 3.8) is 0 Å². The second-order valence-corrected chi connectivity index (χ2v) is 5.02. The van der Waals surface area contributed by atoms with Gasteiger partial charge in [0.15, 0.2) is 0 Å². The molecule has 1 aromatic carbocycles. The van der Waals surface area contributed by atoms with E-state index in [1.165, 1.54) is 0 Å². The highest BCUT2D eigenvalue weighted by molar-refractivity contribution is 6.35. The minimum atomic E-state index is 0.0255. The first kappa shape index (κ1) is 12.2. The normalized spacial score (nSPS) is 18.2. The predicted octanol–water partition coefficient (Wildman–Crippen LogP) is 2.87. The largest absolute Gasteiger partial charge is 0.379 e. The Kier molecular flexibility index (Phi) is 3.75. The summed E-state index contributed by atoms with van der Waals surface area (Å²) in [4.78, 5) is 0. The van der Waals surface area contributed by atoms with E-state index in [1.54, 1.807) is 6.07 Å². The van der Waals surface area contributed by atoms with Gasteiger partial charge in [-0.1, -0.05) is 36.2 Å². The number of rotatable bonds is 4. The lowest BCUT2D eigenvalue weighted by molar-refractivity contribution is -0.0587. The van der Waals surface area contributed by atoms with Crippen LogP contribution in [-0.4, -0.2) is 26.3 Å². The molecule has 1 aliphatic rings. The summed E-state index contributed by atoms with van der Waals surface area (Å²) in [5, 5.41) is 4.76. The second-order valence-electron chi connectivity index (χ2n) is 4.18. The van der Waals surface area contributed by atoms with E-state index in [2.05, 4.69) is 12.2 Å². The van der Waals surface area contributed by atoms with Crippen molar-refractivity contribution in [2.45, 2.75) is 12.3 Å². The van der Waals surface area contributed by atoms with Crippen molar-refractivity contribution in [1.29, 1.82) is 0 Å². The van der Waals surface area contributed by atoms with Gasteiger partial charge in [-0.3, -0.25) is 0 Å². The summed E-state index contributed by atoms with van der Waals surface area (Å²) < 4.78 is 5.34. The monoisotopic (exact) mass is 259 g/mol. The number of hydrogen-bond acceptors (Lipinski definition) is 2.